The van der Waals surface area contributed by atoms with E-state index >= 15 is 0 Å². The minimum Gasteiger partial charge on any atom is -0.493 e. The third-order valence-corrected chi connectivity index (χ3v) is 3.91. The Bertz CT molecular complexity index is 421. The minimum atomic E-state index is 0.287. The molecule has 0 spiro atoms. The summed E-state index contributed by atoms with van der Waals surface area (Å²) >= 11 is 0. The number of likely N-dealkylation sites (tertiary alicyclic amines) is 1. The molecule has 2 rings (SSSR count). The Hall–Kier alpha value is -1.26. The molecule has 19 heavy (non-hydrogen) atoms. The first-order valence-electron chi connectivity index (χ1n) is 6.83. The maximum absolute atomic E-state index is 5.97. The fraction of sp³-hybridized carbons (Fsp3) is 0.600. The zero-order valence-corrected chi connectivity index (χ0v) is 12.1. The van der Waals surface area contributed by atoms with Crippen molar-refractivity contribution in [1.82, 2.24) is 4.90 Å². The molecule has 4 heteroatoms. The molecule has 0 bridgehead atoms. The normalized spacial score (nSPS) is 21.4. The molecule has 2 N–H and O–H groups in total. The molecule has 1 fully saturated rings. The van der Waals surface area contributed by atoms with E-state index in [4.69, 9.17) is 15.2 Å². The highest BCUT2D eigenvalue weighted by Crippen LogP contribution is 2.29. The second-order valence-corrected chi connectivity index (χ2v) is 5.33. The van der Waals surface area contributed by atoms with Crippen LogP contribution in [0.1, 0.15) is 18.9 Å². The lowest BCUT2D eigenvalue weighted by molar-refractivity contribution is 0.306. The quantitative estimate of drug-likeness (QED) is 0.882. The number of hydrogen-bond acceptors (Lipinski definition) is 4. The smallest absolute Gasteiger partial charge is 0.161 e. The van der Waals surface area contributed by atoms with Gasteiger partial charge in [-0.2, -0.15) is 0 Å². The Morgan fingerprint density at radius 2 is 2.05 bits per heavy atom. The molecule has 0 radical (unpaired) electrons. The number of rotatable bonds is 5. The van der Waals surface area contributed by atoms with Crippen LogP contribution in [-0.4, -0.2) is 38.3 Å². The van der Waals surface area contributed by atoms with Gasteiger partial charge in [-0.1, -0.05) is 6.07 Å². The molecule has 1 aromatic rings. The first-order chi connectivity index (χ1) is 9.13. The van der Waals surface area contributed by atoms with Gasteiger partial charge >= 0.3 is 0 Å². The Kier molecular flexibility index (Phi) is 4.66. The van der Waals surface area contributed by atoms with Crippen LogP contribution in [0.2, 0.25) is 0 Å². The maximum Gasteiger partial charge on any atom is 0.161 e. The lowest BCUT2D eigenvalue weighted by Crippen LogP contribution is -2.29. The Labute approximate surface area is 115 Å². The minimum absolute atomic E-state index is 0.287. The van der Waals surface area contributed by atoms with E-state index in [2.05, 4.69) is 24.0 Å². The number of hydrogen-bond donors (Lipinski definition) is 1. The third-order valence-electron chi connectivity index (χ3n) is 3.91. The summed E-state index contributed by atoms with van der Waals surface area (Å²) in [4.78, 5) is 2.45. The maximum atomic E-state index is 5.97. The van der Waals surface area contributed by atoms with Gasteiger partial charge in [-0.15, -0.1) is 0 Å². The van der Waals surface area contributed by atoms with E-state index in [1.54, 1.807) is 14.2 Å². The van der Waals surface area contributed by atoms with Crippen molar-refractivity contribution < 1.29 is 9.47 Å². The van der Waals surface area contributed by atoms with E-state index in [9.17, 15) is 0 Å². The first kappa shape index (κ1) is 14.2. The SMILES string of the molecule is COc1ccc(CN2CCC(C(C)N)C2)cc1OC. The zero-order chi connectivity index (χ0) is 13.8. The molecule has 2 atom stereocenters. The molecular formula is C15H24N2O2. The van der Waals surface area contributed by atoms with Crippen molar-refractivity contribution in [3.63, 3.8) is 0 Å². The summed E-state index contributed by atoms with van der Waals surface area (Å²) in [5.74, 6) is 2.20. The number of benzene rings is 1. The van der Waals surface area contributed by atoms with Crippen molar-refractivity contribution in [2.45, 2.75) is 25.9 Å². The molecule has 106 valence electrons. The van der Waals surface area contributed by atoms with E-state index in [1.165, 1.54) is 12.0 Å². The lowest BCUT2D eigenvalue weighted by Gasteiger charge is -2.18. The molecule has 1 heterocycles. The van der Waals surface area contributed by atoms with Crippen LogP contribution in [0.3, 0.4) is 0 Å². The Morgan fingerprint density at radius 1 is 1.32 bits per heavy atom. The fourth-order valence-corrected chi connectivity index (χ4v) is 2.67. The predicted octanol–water partition coefficient (Wildman–Crippen LogP) is 1.87. The summed E-state index contributed by atoms with van der Waals surface area (Å²) in [6.07, 6.45) is 1.20. The van der Waals surface area contributed by atoms with Crippen molar-refractivity contribution in [3.8, 4) is 11.5 Å². The van der Waals surface area contributed by atoms with Crippen molar-refractivity contribution in [2.75, 3.05) is 27.3 Å². The Morgan fingerprint density at radius 3 is 2.63 bits per heavy atom. The number of ether oxygens (including phenoxy) is 2. The molecule has 2 unspecified atom stereocenters. The lowest BCUT2D eigenvalue weighted by atomic mass is 10.0. The fourth-order valence-electron chi connectivity index (χ4n) is 2.67. The number of methoxy groups -OCH3 is 2. The summed E-state index contributed by atoms with van der Waals surface area (Å²) in [7, 11) is 3.33. The van der Waals surface area contributed by atoms with Crippen LogP contribution in [0.15, 0.2) is 18.2 Å². The van der Waals surface area contributed by atoms with E-state index in [0.29, 0.717) is 5.92 Å². The van der Waals surface area contributed by atoms with Crippen LogP contribution < -0.4 is 15.2 Å². The summed E-state index contributed by atoms with van der Waals surface area (Å²) in [5.41, 5.74) is 7.23. The van der Waals surface area contributed by atoms with Gasteiger partial charge in [0.2, 0.25) is 0 Å². The van der Waals surface area contributed by atoms with Crippen molar-refractivity contribution in [1.29, 1.82) is 0 Å². The highest BCUT2D eigenvalue weighted by molar-refractivity contribution is 5.42. The molecule has 4 nitrogen and oxygen atoms in total. The predicted molar refractivity (Wildman–Crippen MR) is 76.6 cm³/mol. The van der Waals surface area contributed by atoms with Gasteiger partial charge < -0.3 is 15.2 Å². The van der Waals surface area contributed by atoms with Crippen molar-refractivity contribution in [3.05, 3.63) is 23.8 Å². The molecule has 0 aliphatic carbocycles. The molecule has 0 amide bonds. The van der Waals surface area contributed by atoms with Gasteiger partial charge in [-0.3, -0.25) is 4.90 Å². The second-order valence-electron chi connectivity index (χ2n) is 5.33. The molecule has 0 saturated carbocycles. The number of nitrogens with zero attached hydrogens (tertiary/aromatic N) is 1. The van der Waals surface area contributed by atoms with Gasteiger partial charge in [0, 0.05) is 19.1 Å². The van der Waals surface area contributed by atoms with Crippen LogP contribution in [0.5, 0.6) is 11.5 Å². The average Bonchev–Trinajstić information content (AvgIpc) is 2.87. The van der Waals surface area contributed by atoms with Crippen LogP contribution >= 0.6 is 0 Å². The van der Waals surface area contributed by atoms with E-state index in [1.807, 2.05) is 6.07 Å². The molecular weight excluding hydrogens is 240 g/mol. The third kappa shape index (κ3) is 3.39. The van der Waals surface area contributed by atoms with Gasteiger partial charge in [-0.25, -0.2) is 0 Å². The van der Waals surface area contributed by atoms with Gasteiger partial charge in [0.25, 0.3) is 0 Å². The van der Waals surface area contributed by atoms with Gasteiger partial charge in [0.1, 0.15) is 0 Å². The van der Waals surface area contributed by atoms with Crippen LogP contribution in [0, 0.1) is 5.92 Å². The molecule has 1 aliphatic rings. The summed E-state index contributed by atoms with van der Waals surface area (Å²) in [5, 5.41) is 0. The van der Waals surface area contributed by atoms with Gasteiger partial charge in [-0.05, 0) is 43.5 Å². The second kappa shape index (κ2) is 6.26. The monoisotopic (exact) mass is 264 g/mol. The summed E-state index contributed by atoms with van der Waals surface area (Å²) in [6, 6.07) is 6.40. The molecule has 0 aromatic heterocycles. The topological polar surface area (TPSA) is 47.7 Å². The van der Waals surface area contributed by atoms with E-state index in [0.717, 1.165) is 31.1 Å². The van der Waals surface area contributed by atoms with Gasteiger partial charge in [0.15, 0.2) is 11.5 Å². The Balaban J connectivity index is 2.00. The van der Waals surface area contributed by atoms with E-state index < -0.39 is 0 Å². The summed E-state index contributed by atoms with van der Waals surface area (Å²) < 4.78 is 10.6. The largest absolute Gasteiger partial charge is 0.493 e. The first-order valence-corrected chi connectivity index (χ1v) is 6.83. The number of nitrogens with two attached hydrogens (primary N) is 1. The van der Waals surface area contributed by atoms with Crippen LogP contribution in [0.25, 0.3) is 0 Å². The molecule has 1 saturated heterocycles. The highest BCUT2D eigenvalue weighted by atomic mass is 16.5. The summed E-state index contributed by atoms with van der Waals surface area (Å²) in [6.45, 7) is 5.26. The van der Waals surface area contributed by atoms with E-state index in [-0.39, 0.29) is 6.04 Å². The zero-order valence-electron chi connectivity index (χ0n) is 12.1. The molecule has 1 aliphatic heterocycles. The van der Waals surface area contributed by atoms with Crippen molar-refractivity contribution >= 4 is 0 Å². The highest BCUT2D eigenvalue weighted by Gasteiger charge is 2.25. The van der Waals surface area contributed by atoms with Gasteiger partial charge in [0.05, 0.1) is 14.2 Å². The standard InChI is InChI=1S/C15H24N2O2/c1-11(16)13-6-7-17(10-13)9-12-4-5-14(18-2)15(8-12)19-3/h4-5,8,11,13H,6-7,9-10,16H2,1-3H3. The van der Waals surface area contributed by atoms with Crippen LogP contribution in [-0.2, 0) is 6.54 Å². The molecule has 1 aromatic carbocycles. The average molecular weight is 264 g/mol. The van der Waals surface area contributed by atoms with Crippen LogP contribution in [0.4, 0.5) is 0 Å². The van der Waals surface area contributed by atoms with Crippen molar-refractivity contribution in [2.24, 2.45) is 11.7 Å².